The van der Waals surface area contributed by atoms with Crippen molar-refractivity contribution in [2.75, 3.05) is 13.2 Å². The number of nitrogens with one attached hydrogen (secondary N) is 1. The molecule has 3 heteroatoms. The minimum absolute atomic E-state index is 0.107. The first-order valence-electron chi connectivity index (χ1n) is 5.23. The highest BCUT2D eigenvalue weighted by atomic mass is 16.5. The Labute approximate surface area is 79.5 Å². The predicted octanol–water partition coefficient (Wildman–Crippen LogP) is 0.668. The molecule has 2 rings (SSSR count). The van der Waals surface area contributed by atoms with Crippen LogP contribution in [0.4, 0.5) is 0 Å². The Balaban J connectivity index is 1.88. The highest BCUT2D eigenvalue weighted by molar-refractivity contribution is 4.94. The summed E-state index contributed by atoms with van der Waals surface area (Å²) in [7, 11) is 0. The van der Waals surface area contributed by atoms with E-state index >= 15 is 0 Å². The van der Waals surface area contributed by atoms with Gasteiger partial charge in [0.05, 0.1) is 12.7 Å². The van der Waals surface area contributed by atoms with E-state index in [2.05, 4.69) is 12.2 Å². The van der Waals surface area contributed by atoms with Gasteiger partial charge in [-0.3, -0.25) is 0 Å². The molecule has 0 aromatic carbocycles. The number of aliphatic hydroxyl groups is 1. The van der Waals surface area contributed by atoms with Crippen LogP contribution in [0.2, 0.25) is 0 Å². The van der Waals surface area contributed by atoms with Gasteiger partial charge in [-0.1, -0.05) is 0 Å². The van der Waals surface area contributed by atoms with Gasteiger partial charge in [0.2, 0.25) is 0 Å². The minimum Gasteiger partial charge on any atom is -0.392 e. The van der Waals surface area contributed by atoms with Crippen LogP contribution in [-0.2, 0) is 4.74 Å². The van der Waals surface area contributed by atoms with Gasteiger partial charge in [0.15, 0.2) is 0 Å². The lowest BCUT2D eigenvalue weighted by atomic mass is 9.99. The maximum atomic E-state index is 9.66. The van der Waals surface area contributed by atoms with E-state index in [0.717, 1.165) is 38.9 Å². The van der Waals surface area contributed by atoms with Crippen LogP contribution in [0.1, 0.15) is 32.6 Å². The highest BCUT2D eigenvalue weighted by Gasteiger charge is 2.35. The molecule has 0 aromatic rings. The SMILES string of the molecule is CC1(NC2CCCC2O)CCOC1. The second-order valence-electron chi connectivity index (χ2n) is 4.61. The summed E-state index contributed by atoms with van der Waals surface area (Å²) in [5.74, 6) is 0. The molecule has 3 atom stereocenters. The van der Waals surface area contributed by atoms with Crippen molar-refractivity contribution in [3.63, 3.8) is 0 Å². The molecule has 2 aliphatic rings. The average molecular weight is 185 g/mol. The van der Waals surface area contributed by atoms with Gasteiger partial charge < -0.3 is 15.2 Å². The molecule has 3 nitrogen and oxygen atoms in total. The Morgan fingerprint density at radius 3 is 2.85 bits per heavy atom. The highest BCUT2D eigenvalue weighted by Crippen LogP contribution is 2.25. The van der Waals surface area contributed by atoms with Crippen LogP contribution in [0.5, 0.6) is 0 Å². The van der Waals surface area contributed by atoms with Gasteiger partial charge in [-0.05, 0) is 32.6 Å². The van der Waals surface area contributed by atoms with E-state index in [1.165, 1.54) is 0 Å². The molecule has 13 heavy (non-hydrogen) atoms. The van der Waals surface area contributed by atoms with Crippen LogP contribution in [-0.4, -0.2) is 36.0 Å². The number of rotatable bonds is 2. The van der Waals surface area contributed by atoms with Crippen molar-refractivity contribution in [3.8, 4) is 0 Å². The van der Waals surface area contributed by atoms with Crippen molar-refractivity contribution >= 4 is 0 Å². The molecule has 0 amide bonds. The molecular formula is C10H19NO2. The molecule has 1 aliphatic heterocycles. The van der Waals surface area contributed by atoms with Crippen LogP contribution >= 0.6 is 0 Å². The van der Waals surface area contributed by atoms with Crippen LogP contribution < -0.4 is 5.32 Å². The minimum atomic E-state index is -0.141. The zero-order valence-electron chi connectivity index (χ0n) is 8.25. The molecule has 1 aliphatic carbocycles. The molecule has 3 unspecified atom stereocenters. The quantitative estimate of drug-likeness (QED) is 0.664. The number of aliphatic hydroxyl groups excluding tert-OH is 1. The fraction of sp³-hybridized carbons (Fsp3) is 1.00. The van der Waals surface area contributed by atoms with Crippen molar-refractivity contribution in [1.29, 1.82) is 0 Å². The molecular weight excluding hydrogens is 166 g/mol. The molecule has 0 radical (unpaired) electrons. The van der Waals surface area contributed by atoms with Gasteiger partial charge in [-0.2, -0.15) is 0 Å². The molecule has 1 saturated heterocycles. The normalized spacial score (nSPS) is 45.7. The largest absolute Gasteiger partial charge is 0.392 e. The Morgan fingerprint density at radius 2 is 2.31 bits per heavy atom. The number of hydrogen-bond acceptors (Lipinski definition) is 3. The van der Waals surface area contributed by atoms with Crippen LogP contribution in [0.3, 0.4) is 0 Å². The van der Waals surface area contributed by atoms with Crippen molar-refractivity contribution in [2.45, 2.75) is 50.3 Å². The van der Waals surface area contributed by atoms with E-state index in [-0.39, 0.29) is 11.6 Å². The van der Waals surface area contributed by atoms with E-state index < -0.39 is 0 Å². The second kappa shape index (κ2) is 3.56. The number of ether oxygens (including phenoxy) is 1. The summed E-state index contributed by atoms with van der Waals surface area (Å²) in [5.41, 5.74) is 0.107. The van der Waals surface area contributed by atoms with Crippen molar-refractivity contribution in [1.82, 2.24) is 5.32 Å². The van der Waals surface area contributed by atoms with Gasteiger partial charge in [0, 0.05) is 18.2 Å². The summed E-state index contributed by atoms with van der Waals surface area (Å²) >= 11 is 0. The molecule has 2 N–H and O–H groups in total. The van der Waals surface area contributed by atoms with E-state index in [4.69, 9.17) is 4.74 Å². The van der Waals surface area contributed by atoms with E-state index in [9.17, 15) is 5.11 Å². The summed E-state index contributed by atoms with van der Waals surface area (Å²) in [6, 6.07) is 0.298. The lowest BCUT2D eigenvalue weighted by Gasteiger charge is -2.29. The summed E-state index contributed by atoms with van der Waals surface area (Å²) in [6.45, 7) is 3.83. The summed E-state index contributed by atoms with van der Waals surface area (Å²) in [6.07, 6.45) is 4.13. The molecule has 0 spiro atoms. The Morgan fingerprint density at radius 1 is 1.46 bits per heavy atom. The monoisotopic (exact) mass is 185 g/mol. The molecule has 1 heterocycles. The van der Waals surface area contributed by atoms with Gasteiger partial charge >= 0.3 is 0 Å². The Bertz CT molecular complexity index is 178. The number of hydrogen-bond donors (Lipinski definition) is 2. The predicted molar refractivity (Wildman–Crippen MR) is 50.6 cm³/mol. The fourth-order valence-electron chi connectivity index (χ4n) is 2.34. The first kappa shape index (κ1) is 9.44. The van der Waals surface area contributed by atoms with E-state index in [0.29, 0.717) is 6.04 Å². The van der Waals surface area contributed by atoms with Gasteiger partial charge in [0.25, 0.3) is 0 Å². The maximum Gasteiger partial charge on any atom is 0.0693 e. The zero-order chi connectivity index (χ0) is 9.31. The molecule has 76 valence electrons. The average Bonchev–Trinajstić information content (AvgIpc) is 2.64. The maximum absolute atomic E-state index is 9.66. The summed E-state index contributed by atoms with van der Waals surface area (Å²) in [4.78, 5) is 0. The molecule has 0 aromatic heterocycles. The van der Waals surface area contributed by atoms with E-state index in [1.54, 1.807) is 0 Å². The third-order valence-electron chi connectivity index (χ3n) is 3.23. The van der Waals surface area contributed by atoms with Crippen molar-refractivity contribution in [2.24, 2.45) is 0 Å². The van der Waals surface area contributed by atoms with Gasteiger partial charge in [-0.25, -0.2) is 0 Å². The third-order valence-corrected chi connectivity index (χ3v) is 3.23. The molecule has 2 fully saturated rings. The van der Waals surface area contributed by atoms with Crippen LogP contribution in [0.15, 0.2) is 0 Å². The van der Waals surface area contributed by atoms with E-state index in [1.807, 2.05) is 0 Å². The Kier molecular flexibility index (Phi) is 2.58. The van der Waals surface area contributed by atoms with Crippen molar-refractivity contribution in [3.05, 3.63) is 0 Å². The summed E-state index contributed by atoms with van der Waals surface area (Å²) < 4.78 is 5.36. The zero-order valence-corrected chi connectivity index (χ0v) is 8.25. The lowest BCUT2D eigenvalue weighted by molar-refractivity contribution is 0.118. The van der Waals surface area contributed by atoms with Crippen molar-refractivity contribution < 1.29 is 9.84 Å². The smallest absolute Gasteiger partial charge is 0.0693 e. The Hall–Kier alpha value is -0.120. The summed E-state index contributed by atoms with van der Waals surface area (Å²) in [5, 5.41) is 13.2. The molecule has 1 saturated carbocycles. The van der Waals surface area contributed by atoms with Crippen LogP contribution in [0, 0.1) is 0 Å². The van der Waals surface area contributed by atoms with Gasteiger partial charge in [-0.15, -0.1) is 0 Å². The second-order valence-corrected chi connectivity index (χ2v) is 4.61. The standard InChI is InChI=1S/C10H19NO2/c1-10(5-6-13-7-10)11-8-3-2-4-9(8)12/h8-9,11-12H,2-7H2,1H3. The van der Waals surface area contributed by atoms with Gasteiger partial charge in [0.1, 0.15) is 0 Å². The first-order chi connectivity index (χ1) is 6.20. The topological polar surface area (TPSA) is 41.5 Å². The molecule has 0 bridgehead atoms. The third kappa shape index (κ3) is 2.03. The fourth-order valence-corrected chi connectivity index (χ4v) is 2.34. The van der Waals surface area contributed by atoms with Crippen LogP contribution in [0.25, 0.3) is 0 Å². The first-order valence-corrected chi connectivity index (χ1v) is 5.23. The lowest BCUT2D eigenvalue weighted by Crippen LogP contribution is -2.51.